The normalized spacial score (nSPS) is 25.4. The van der Waals surface area contributed by atoms with Crippen molar-refractivity contribution in [2.45, 2.75) is 66.3 Å². The first kappa shape index (κ1) is 22.1. The highest BCUT2D eigenvalue weighted by atomic mass is 16.5. The van der Waals surface area contributed by atoms with Crippen molar-refractivity contribution in [2.24, 2.45) is 17.3 Å². The van der Waals surface area contributed by atoms with E-state index in [1.807, 2.05) is 0 Å². The molecule has 0 spiro atoms. The zero-order valence-corrected chi connectivity index (χ0v) is 18.4. The minimum Gasteiger partial charge on any atom is -0.379 e. The van der Waals surface area contributed by atoms with Crippen LogP contribution in [0.15, 0.2) is 0 Å². The molecular weight excluding hydrogens is 324 g/mol. The summed E-state index contributed by atoms with van der Waals surface area (Å²) in [6.45, 7) is 23.7. The molecule has 2 saturated heterocycles. The lowest BCUT2D eigenvalue weighted by molar-refractivity contribution is -0.0375. The predicted octanol–water partition coefficient (Wildman–Crippen LogP) is 3.90. The first-order valence-electron chi connectivity index (χ1n) is 10.9. The van der Waals surface area contributed by atoms with Crippen molar-refractivity contribution in [2.75, 3.05) is 59.2 Å². The van der Waals surface area contributed by atoms with E-state index in [0.29, 0.717) is 16.9 Å². The molecule has 2 atom stereocenters. The summed E-state index contributed by atoms with van der Waals surface area (Å²) in [5, 5.41) is 0. The largest absolute Gasteiger partial charge is 0.379 e. The third-order valence-electron chi connectivity index (χ3n) is 6.94. The number of nitrogens with zero attached hydrogens (tertiary/aromatic N) is 2. The lowest BCUT2D eigenvalue weighted by atomic mass is 9.71. The molecule has 4 nitrogen and oxygen atoms in total. The zero-order valence-electron chi connectivity index (χ0n) is 18.4. The highest BCUT2D eigenvalue weighted by Crippen LogP contribution is 2.39. The maximum absolute atomic E-state index is 5.62. The molecule has 4 heteroatoms. The second-order valence-electron chi connectivity index (χ2n) is 9.89. The molecule has 0 amide bonds. The van der Waals surface area contributed by atoms with Crippen LogP contribution in [0.2, 0.25) is 0 Å². The smallest absolute Gasteiger partial charge is 0.0594 e. The van der Waals surface area contributed by atoms with Crippen molar-refractivity contribution in [3.05, 3.63) is 0 Å². The van der Waals surface area contributed by atoms with Gasteiger partial charge in [-0.05, 0) is 43.4 Å². The van der Waals surface area contributed by atoms with Crippen LogP contribution >= 0.6 is 0 Å². The van der Waals surface area contributed by atoms with Gasteiger partial charge in [0.2, 0.25) is 0 Å². The Morgan fingerprint density at radius 2 is 1.35 bits per heavy atom. The van der Waals surface area contributed by atoms with Crippen LogP contribution in [0.4, 0.5) is 0 Å². The van der Waals surface area contributed by atoms with Gasteiger partial charge in [0.15, 0.2) is 0 Å². The van der Waals surface area contributed by atoms with E-state index in [-0.39, 0.29) is 0 Å². The Morgan fingerprint density at radius 3 is 1.85 bits per heavy atom. The summed E-state index contributed by atoms with van der Waals surface area (Å²) in [5.74, 6) is 1.42. The Bertz CT molecular complexity index is 403. The fourth-order valence-electron chi connectivity index (χ4n) is 4.75. The van der Waals surface area contributed by atoms with Crippen LogP contribution in [0.3, 0.4) is 0 Å². The van der Waals surface area contributed by atoms with E-state index >= 15 is 0 Å². The SMILES string of the molecule is CC(C)CC(C)(CCC(C)(CN1CCOCC1)C(C)C)N1CCOCC1. The Kier molecular flexibility index (Phi) is 8.39. The first-order chi connectivity index (χ1) is 12.3. The molecule has 0 aromatic carbocycles. The molecule has 0 bridgehead atoms. The van der Waals surface area contributed by atoms with Gasteiger partial charge in [0.1, 0.15) is 0 Å². The van der Waals surface area contributed by atoms with Gasteiger partial charge < -0.3 is 9.47 Å². The van der Waals surface area contributed by atoms with E-state index in [1.54, 1.807) is 0 Å². The van der Waals surface area contributed by atoms with Gasteiger partial charge in [0.25, 0.3) is 0 Å². The summed E-state index contributed by atoms with van der Waals surface area (Å²) in [5.41, 5.74) is 0.654. The second-order valence-corrected chi connectivity index (χ2v) is 9.89. The average Bonchev–Trinajstić information content (AvgIpc) is 2.61. The molecule has 0 saturated carbocycles. The van der Waals surface area contributed by atoms with Gasteiger partial charge in [0.05, 0.1) is 26.4 Å². The Balaban J connectivity index is 2.04. The van der Waals surface area contributed by atoms with Crippen molar-refractivity contribution in [1.82, 2.24) is 9.80 Å². The number of rotatable bonds is 9. The molecule has 0 aliphatic carbocycles. The standard InChI is InChI=1S/C22H44N2O2/c1-19(2)17-22(6,24-11-15-26-16-12-24)8-7-21(5,20(3)4)18-23-9-13-25-14-10-23/h19-20H,7-18H2,1-6H3. The van der Waals surface area contributed by atoms with Crippen molar-refractivity contribution in [1.29, 1.82) is 0 Å². The lowest BCUT2D eigenvalue weighted by Gasteiger charge is -2.47. The number of hydrogen-bond acceptors (Lipinski definition) is 4. The summed E-state index contributed by atoms with van der Waals surface area (Å²) in [4.78, 5) is 5.34. The fraction of sp³-hybridized carbons (Fsp3) is 1.00. The molecule has 2 fully saturated rings. The molecule has 0 radical (unpaired) electrons. The highest BCUT2D eigenvalue weighted by Gasteiger charge is 2.38. The summed E-state index contributed by atoms with van der Waals surface area (Å²) in [6.07, 6.45) is 3.85. The molecule has 0 aromatic rings. The third-order valence-corrected chi connectivity index (χ3v) is 6.94. The molecular formula is C22H44N2O2. The molecule has 0 N–H and O–H groups in total. The van der Waals surface area contributed by atoms with E-state index in [1.165, 1.54) is 25.8 Å². The van der Waals surface area contributed by atoms with Crippen molar-refractivity contribution in [3.63, 3.8) is 0 Å². The van der Waals surface area contributed by atoms with Crippen molar-refractivity contribution in [3.8, 4) is 0 Å². The van der Waals surface area contributed by atoms with E-state index in [4.69, 9.17) is 9.47 Å². The summed E-state index contributed by atoms with van der Waals surface area (Å²) >= 11 is 0. The topological polar surface area (TPSA) is 24.9 Å². The molecule has 2 heterocycles. The maximum atomic E-state index is 5.62. The number of hydrogen-bond donors (Lipinski definition) is 0. The first-order valence-corrected chi connectivity index (χ1v) is 10.9. The second kappa shape index (κ2) is 9.86. The van der Waals surface area contributed by atoms with Gasteiger partial charge >= 0.3 is 0 Å². The van der Waals surface area contributed by atoms with Crippen LogP contribution in [0.1, 0.15) is 60.8 Å². The summed E-state index contributed by atoms with van der Waals surface area (Å²) in [6, 6.07) is 0. The lowest BCUT2D eigenvalue weighted by Crippen LogP contribution is -2.53. The zero-order chi connectivity index (χ0) is 19.2. The van der Waals surface area contributed by atoms with Crippen LogP contribution < -0.4 is 0 Å². The third kappa shape index (κ3) is 6.19. The molecule has 0 aromatic heterocycles. The van der Waals surface area contributed by atoms with Crippen LogP contribution in [-0.2, 0) is 9.47 Å². The van der Waals surface area contributed by atoms with Gasteiger partial charge in [-0.3, -0.25) is 9.80 Å². The molecule has 2 aliphatic rings. The van der Waals surface area contributed by atoms with E-state index in [9.17, 15) is 0 Å². The Labute approximate surface area is 162 Å². The van der Waals surface area contributed by atoms with Gasteiger partial charge in [-0.2, -0.15) is 0 Å². The fourth-order valence-corrected chi connectivity index (χ4v) is 4.75. The molecule has 2 unspecified atom stereocenters. The molecule has 154 valence electrons. The minimum atomic E-state index is 0.291. The maximum Gasteiger partial charge on any atom is 0.0594 e. The van der Waals surface area contributed by atoms with Crippen LogP contribution in [-0.4, -0.2) is 74.5 Å². The Hall–Kier alpha value is -0.160. The highest BCUT2D eigenvalue weighted by molar-refractivity contribution is 4.92. The van der Waals surface area contributed by atoms with Gasteiger partial charge in [-0.25, -0.2) is 0 Å². The predicted molar refractivity (Wildman–Crippen MR) is 110 cm³/mol. The van der Waals surface area contributed by atoms with Gasteiger partial charge in [-0.1, -0.05) is 34.6 Å². The summed E-state index contributed by atoms with van der Waals surface area (Å²) < 4.78 is 11.2. The minimum absolute atomic E-state index is 0.291. The van der Waals surface area contributed by atoms with Crippen LogP contribution in [0, 0.1) is 17.3 Å². The molecule has 2 aliphatic heterocycles. The average molecular weight is 369 g/mol. The van der Waals surface area contributed by atoms with Gasteiger partial charge in [-0.15, -0.1) is 0 Å². The Morgan fingerprint density at radius 1 is 0.808 bits per heavy atom. The number of morpholine rings is 2. The van der Waals surface area contributed by atoms with E-state index in [0.717, 1.165) is 58.5 Å². The van der Waals surface area contributed by atoms with Crippen molar-refractivity contribution >= 4 is 0 Å². The van der Waals surface area contributed by atoms with Gasteiger partial charge in [0, 0.05) is 38.3 Å². The van der Waals surface area contributed by atoms with E-state index in [2.05, 4.69) is 51.3 Å². The van der Waals surface area contributed by atoms with Crippen LogP contribution in [0.25, 0.3) is 0 Å². The monoisotopic (exact) mass is 368 g/mol. The quantitative estimate of drug-likeness (QED) is 0.616. The van der Waals surface area contributed by atoms with Crippen molar-refractivity contribution < 1.29 is 9.47 Å². The van der Waals surface area contributed by atoms with Crippen LogP contribution in [0.5, 0.6) is 0 Å². The molecule has 26 heavy (non-hydrogen) atoms. The number of ether oxygens (including phenoxy) is 2. The summed E-state index contributed by atoms with van der Waals surface area (Å²) in [7, 11) is 0. The molecule has 2 rings (SSSR count). The van der Waals surface area contributed by atoms with E-state index < -0.39 is 0 Å².